The molecule has 1 aliphatic carbocycles. The van der Waals surface area contributed by atoms with E-state index in [1.165, 1.54) is 124 Å². The van der Waals surface area contributed by atoms with E-state index in [1.54, 1.807) is 48.8 Å². The Kier molecular flexibility index (Phi) is 335. The molecule has 1 fully saturated rings. The Morgan fingerprint density at radius 1 is 0.431 bits per heavy atom. The summed E-state index contributed by atoms with van der Waals surface area (Å²) in [6, 6.07) is 2.02. The Bertz CT molecular complexity index is 1580. The third-order valence-electron chi connectivity index (χ3n) is 12.5. The number of nitrogens with zero attached hydrogens (tertiary/aromatic N) is 1. The van der Waals surface area contributed by atoms with E-state index in [9.17, 15) is 96.6 Å². The van der Waals surface area contributed by atoms with E-state index in [4.69, 9.17) is 25.3 Å². The van der Waals surface area contributed by atoms with Crippen molar-refractivity contribution in [3.8, 4) is 6.07 Å². The molecule has 2 unspecified atom stereocenters. The van der Waals surface area contributed by atoms with Crippen LogP contribution in [0.4, 0.5) is 96.6 Å². The number of alkyl halides is 22. The van der Waals surface area contributed by atoms with Gasteiger partial charge in [0.05, 0.1) is 38.7 Å². The first-order valence-electron chi connectivity index (χ1n) is 53.7. The van der Waals surface area contributed by atoms with Gasteiger partial charge < -0.3 is 24.8 Å². The number of nitriles is 1. The minimum atomic E-state index is -4.00. The molecule has 0 aromatic rings. The van der Waals surface area contributed by atoms with Gasteiger partial charge in [-0.25, -0.2) is 26.3 Å². The van der Waals surface area contributed by atoms with Crippen LogP contribution in [-0.4, -0.2) is 168 Å². The molecule has 1 rings (SSSR count). The molecule has 1 aliphatic rings. The summed E-state index contributed by atoms with van der Waals surface area (Å²) in [7, 11) is 3.39. The monoisotopic (exact) mass is 2240 g/mol. The van der Waals surface area contributed by atoms with Crippen molar-refractivity contribution in [1.82, 2.24) is 0 Å². The zero-order valence-electron chi connectivity index (χ0n) is 105. The molecule has 0 bridgehead atoms. The lowest BCUT2D eigenvalue weighted by molar-refractivity contribution is -0.170. The number of ether oxygens (including phenoxy) is 2. The lowest BCUT2D eigenvalue weighted by Gasteiger charge is -2.11. The Hall–Kier alpha value is -0.850. The minimum Gasteiger partial charge on any atom is -0.397 e. The molecular formula is C112H257F22NO5S4. The second-order valence-corrected chi connectivity index (χ2v) is 38.5. The number of hydrogen-bond acceptors (Lipinski definition) is 10. The second kappa shape index (κ2) is 217. The highest BCUT2D eigenvalue weighted by Gasteiger charge is 2.34. The first kappa shape index (κ1) is 222. The number of thiol groups is 2. The molecule has 0 aliphatic heterocycles. The van der Waals surface area contributed by atoms with Gasteiger partial charge in [-0.3, -0.25) is 17.6 Å². The molecular weight excluding hydrogens is 1990 g/mol. The average Bonchev–Trinajstić information content (AvgIpc) is 1.84. The van der Waals surface area contributed by atoms with E-state index in [0.29, 0.717) is 31.3 Å². The summed E-state index contributed by atoms with van der Waals surface area (Å²) in [6.07, 6.45) is 3.06. The van der Waals surface area contributed by atoms with Crippen molar-refractivity contribution >= 4 is 48.8 Å². The van der Waals surface area contributed by atoms with Gasteiger partial charge in [0.15, 0.2) is 0 Å². The van der Waals surface area contributed by atoms with Gasteiger partial charge in [0.2, 0.25) is 19.3 Å². The van der Waals surface area contributed by atoms with E-state index in [2.05, 4.69) is 216 Å². The maximum Gasteiger partial charge on any atom is 0.391 e. The molecule has 32 heteroatoms. The van der Waals surface area contributed by atoms with Crippen LogP contribution in [0.1, 0.15) is 513 Å². The molecule has 0 saturated heterocycles. The summed E-state index contributed by atoms with van der Waals surface area (Å²) in [6.45, 7) is 98.2. The van der Waals surface area contributed by atoms with Gasteiger partial charge in [0.25, 0.3) is 0 Å². The van der Waals surface area contributed by atoms with Crippen molar-refractivity contribution in [2.24, 2.45) is 64.6 Å². The number of halogens is 22. The van der Waals surface area contributed by atoms with Gasteiger partial charge in [-0.1, -0.05) is 396 Å². The van der Waals surface area contributed by atoms with Gasteiger partial charge in [-0.15, -0.1) is 0 Å². The minimum absolute atomic E-state index is 0.0278. The van der Waals surface area contributed by atoms with Crippen LogP contribution < -0.4 is 0 Å². The molecule has 918 valence electrons. The highest BCUT2D eigenvalue weighted by molar-refractivity contribution is 7.98. The number of aliphatic hydroxyl groups is 3. The van der Waals surface area contributed by atoms with E-state index < -0.39 is 74.6 Å². The maximum atomic E-state index is 11.4. The summed E-state index contributed by atoms with van der Waals surface area (Å²) >= 11 is 11.5. The van der Waals surface area contributed by atoms with Crippen LogP contribution >= 0.6 is 48.8 Å². The predicted molar refractivity (Wildman–Crippen MR) is 621 cm³/mol. The fourth-order valence-corrected chi connectivity index (χ4v) is 2.43. The smallest absolute Gasteiger partial charge is 0.391 e. The molecule has 0 amide bonds. The summed E-state index contributed by atoms with van der Waals surface area (Å²) in [5.74, 6) is 6.77. The molecule has 0 aromatic carbocycles. The third-order valence-corrected chi connectivity index (χ3v) is 14.3. The number of methoxy groups -OCH3 is 2. The summed E-state index contributed by atoms with van der Waals surface area (Å²) in [5, 5.41) is 31.3. The molecule has 3 N–H and O–H groups in total. The summed E-state index contributed by atoms with van der Waals surface area (Å²) in [4.78, 5) is 0. The lowest BCUT2D eigenvalue weighted by atomic mass is 10.0. The van der Waals surface area contributed by atoms with E-state index in [-0.39, 0.29) is 76.9 Å². The highest BCUT2D eigenvalue weighted by atomic mass is 32.2. The standard InChI is InChI=1S/C5H9F3.C5H11F.C5H10.4C5H12.2C4H7F3.2C4H8F2.2C4H9F.C4H7N.C4H10O.C4H10S.2C4H10.C3H5F3.C3H6F2.C3H7F.3C3H8O.2C3H8S.C3H8.C2H6O.C2H6S.C2H6/c1-3-4(2)5(6,7)8;1-3-5(2)4-6;1-2-5-3-4-5;1-5(2,3)4;3*1-4-5(2)3;1-3(2)4(5,6)7;1-2-3-4(5,6)7;1-3(2)4(5)6;1-2-3-4(5)6;1-4(2)3-5;2*1-2-3-4-5;2*1-3-4-5-2;1-4(2)3;1-3-4-2;1-2-3(4,5)6;1-2-3(4)5;1-2-3-4;1-3-4-2;1-3(2)4;1-2-3-4;1-3-4-2;1-2-3-4;1-3-2;2*1-2-3;1-2/h4H,3H2,1-2H3;5H,3-4H2,1-2H3;5H,2-4H2,1H3;1-4H3;3*5H,4H2,1-3H3;3H,1-2H3;2-3H2,1H3;3-4H,1-2H3;4H,2-3H2,1H3;4H,3H2,1-2H3;2-4H2,1H3;2-3H2,1H3;2*3-4H2,1-2H3;4H,1-3H3;3-4H2,1-2H3;2H2,1H3;3H,2H2,1H3;2-3H2,1H3;3H2,1-2H3;3-4H,1-2H3;4H,2-3H2,1H3;3H2,1-2H3;4H,2-3H2,1H3;3H2,1-2H3;2*3H,2H2,1H3;1-2H3. The molecule has 0 aromatic heterocycles. The van der Waals surface area contributed by atoms with Gasteiger partial charge in [-0.2, -0.15) is 107 Å². The summed E-state index contributed by atoms with van der Waals surface area (Å²) < 4.78 is 253. The van der Waals surface area contributed by atoms with Crippen LogP contribution in [0.15, 0.2) is 0 Å². The number of thioether (sulfide) groups is 2. The summed E-state index contributed by atoms with van der Waals surface area (Å²) in [5.41, 5.74) is 0.500. The van der Waals surface area contributed by atoms with Crippen LogP contribution in [0.2, 0.25) is 0 Å². The van der Waals surface area contributed by atoms with Crippen molar-refractivity contribution in [3.05, 3.63) is 0 Å². The van der Waals surface area contributed by atoms with Crippen LogP contribution in [0, 0.1) is 75.9 Å². The average molecular weight is 2240 g/mol. The van der Waals surface area contributed by atoms with Gasteiger partial charge in [0, 0.05) is 90.7 Å². The zero-order chi connectivity index (χ0) is 123. The lowest BCUT2D eigenvalue weighted by Crippen LogP contribution is -2.18. The van der Waals surface area contributed by atoms with Gasteiger partial charge >= 0.3 is 24.7 Å². The number of aliphatic hydroxyl groups excluding tert-OH is 3. The largest absolute Gasteiger partial charge is 0.397 e. The fourth-order valence-electron chi connectivity index (χ4n) is 2.02. The van der Waals surface area contributed by atoms with Crippen LogP contribution in [0.25, 0.3) is 0 Å². The number of hydrogen-bond donors (Lipinski definition) is 5. The zero-order valence-corrected chi connectivity index (χ0v) is 108. The Labute approximate surface area is 907 Å². The number of rotatable bonds is 26. The molecule has 1 saturated carbocycles. The molecule has 2 atom stereocenters. The molecule has 6 nitrogen and oxygen atoms in total. The van der Waals surface area contributed by atoms with Crippen LogP contribution in [-0.2, 0) is 9.47 Å². The van der Waals surface area contributed by atoms with Crippen molar-refractivity contribution in [3.63, 3.8) is 0 Å². The van der Waals surface area contributed by atoms with Crippen LogP contribution in [0.5, 0.6) is 0 Å². The molecule has 0 spiro atoms. The van der Waals surface area contributed by atoms with Crippen molar-refractivity contribution in [2.75, 3.05) is 103 Å². The van der Waals surface area contributed by atoms with Crippen molar-refractivity contribution < 1.29 is 121 Å². The van der Waals surface area contributed by atoms with Gasteiger partial charge in [-0.05, 0) is 168 Å². The van der Waals surface area contributed by atoms with E-state index in [1.807, 2.05) is 106 Å². The molecule has 0 radical (unpaired) electrons. The molecule has 144 heavy (non-hydrogen) atoms. The first-order valence-corrected chi connectivity index (χ1v) is 57.8. The third kappa shape index (κ3) is 766. The van der Waals surface area contributed by atoms with E-state index >= 15 is 0 Å². The Morgan fingerprint density at radius 3 is 0.701 bits per heavy atom. The fraction of sp³-hybridized carbons (Fsp3) is 0.991. The van der Waals surface area contributed by atoms with Crippen molar-refractivity contribution in [2.45, 2.75) is 563 Å². The topological polar surface area (TPSA) is 103 Å². The normalized spacial score (nSPS) is 10.2. The SMILES string of the molecule is CC.CC(C)(C)C.CC(C)C.CC(C)C(F)(F)F.CC(C)C(F)F.CC(C)CF.CC(C)O.CCC.CCC(C)C.CCC(C)C.CCC(C)C.CCC(C)C(F)(F)F.CCC(C)CF.CCC(F)(F)F.CCC(F)F.CCC1CC1.CCCC.CCCC#N.CCCC(F)(F)F.CCCC(F)F.CCCCF.CCCF.CCCO.CCCOC.CCCS.CCCSC.CCO.CCOC.CCS.CCSC. The van der Waals surface area contributed by atoms with E-state index in [0.717, 1.165) is 114 Å². The second-order valence-electron chi connectivity index (χ2n) is 35.3. The van der Waals surface area contributed by atoms with Crippen LogP contribution in [0.3, 0.4) is 0 Å². The highest BCUT2D eigenvalue weighted by Crippen LogP contribution is 2.31. The quantitative estimate of drug-likeness (QED) is 0.0431. The number of unbranched alkanes of at least 4 members (excludes halogenated alkanes) is 3. The Morgan fingerprint density at radius 2 is 0.701 bits per heavy atom. The Balaban J connectivity index is -0.0000000353. The van der Waals surface area contributed by atoms with Gasteiger partial charge in [0.1, 0.15) is 0 Å². The van der Waals surface area contributed by atoms with Crippen molar-refractivity contribution in [1.29, 1.82) is 5.26 Å². The first-order chi connectivity index (χ1) is 65.9. The molecule has 0 heterocycles. The predicted octanol–water partition coefficient (Wildman–Crippen LogP) is 46.6. The maximum absolute atomic E-state index is 11.4.